The van der Waals surface area contributed by atoms with E-state index in [4.69, 9.17) is 4.74 Å². The first kappa shape index (κ1) is 11.6. The molecule has 0 saturated carbocycles. The van der Waals surface area contributed by atoms with Crippen LogP contribution in [0.15, 0.2) is 49.1 Å². The highest BCUT2D eigenvalue weighted by Gasteiger charge is 2.22. The minimum atomic E-state index is -0.491. The van der Waals surface area contributed by atoms with Gasteiger partial charge in [-0.3, -0.25) is 0 Å². The summed E-state index contributed by atoms with van der Waals surface area (Å²) in [6, 6.07) is 7.97. The van der Waals surface area contributed by atoms with Gasteiger partial charge < -0.3 is 4.74 Å². The molecule has 1 nitrogen and oxygen atoms in total. The van der Waals surface area contributed by atoms with E-state index in [1.807, 2.05) is 38.1 Å². The van der Waals surface area contributed by atoms with E-state index in [0.29, 0.717) is 0 Å². The molecule has 0 heterocycles. The van der Waals surface area contributed by atoms with Crippen LogP contribution in [0.2, 0.25) is 0 Å². The first-order chi connectivity index (χ1) is 6.98. The van der Waals surface area contributed by atoms with E-state index in [2.05, 4.69) is 20.1 Å². The first-order valence-electron chi connectivity index (χ1n) is 5.03. The Kier molecular flexibility index (Phi) is 3.35. The van der Waals surface area contributed by atoms with Gasteiger partial charge in [0.2, 0.25) is 0 Å². The molecular formula is C14H18O. The fourth-order valence-electron chi connectivity index (χ4n) is 1.15. The van der Waals surface area contributed by atoms with Crippen LogP contribution >= 0.6 is 0 Å². The Bertz CT molecular complexity index is 361. The zero-order valence-electron chi connectivity index (χ0n) is 9.71. The third kappa shape index (κ3) is 2.72. The smallest absolute Gasteiger partial charge is 0.145 e. The SMILES string of the molecule is C=CC(C)(Oc1ccc(C)cc1)C(=C)C. The molecule has 0 aliphatic heterocycles. The topological polar surface area (TPSA) is 9.23 Å². The molecule has 0 aliphatic carbocycles. The normalized spacial score (nSPS) is 14.1. The number of ether oxygens (including phenoxy) is 1. The molecule has 0 radical (unpaired) electrons. The second kappa shape index (κ2) is 4.35. The van der Waals surface area contributed by atoms with E-state index < -0.39 is 5.60 Å². The van der Waals surface area contributed by atoms with Gasteiger partial charge >= 0.3 is 0 Å². The van der Waals surface area contributed by atoms with Crippen LogP contribution in [-0.4, -0.2) is 5.60 Å². The number of rotatable bonds is 4. The molecule has 0 aromatic heterocycles. The highest BCUT2D eigenvalue weighted by atomic mass is 16.5. The summed E-state index contributed by atoms with van der Waals surface area (Å²) in [6.07, 6.45) is 1.77. The van der Waals surface area contributed by atoms with Gasteiger partial charge in [0.1, 0.15) is 11.4 Å². The monoisotopic (exact) mass is 202 g/mol. The standard InChI is InChI=1S/C14H18O/c1-6-14(5,11(2)3)15-13-9-7-12(4)8-10-13/h6-10H,1-2H2,3-5H3. The average molecular weight is 202 g/mol. The van der Waals surface area contributed by atoms with Crippen LogP contribution in [0.4, 0.5) is 0 Å². The molecule has 80 valence electrons. The minimum absolute atomic E-state index is 0.491. The molecule has 15 heavy (non-hydrogen) atoms. The van der Waals surface area contributed by atoms with Crippen LogP contribution in [-0.2, 0) is 0 Å². The van der Waals surface area contributed by atoms with Crippen molar-refractivity contribution in [2.45, 2.75) is 26.4 Å². The van der Waals surface area contributed by atoms with Gasteiger partial charge in [0, 0.05) is 0 Å². The molecule has 1 rings (SSSR count). The lowest BCUT2D eigenvalue weighted by atomic mass is 9.98. The van der Waals surface area contributed by atoms with Gasteiger partial charge in [-0.2, -0.15) is 0 Å². The van der Waals surface area contributed by atoms with Crippen LogP contribution in [0, 0.1) is 6.92 Å². The molecule has 0 aliphatic rings. The molecule has 0 saturated heterocycles. The summed E-state index contributed by atoms with van der Waals surface area (Å²) in [4.78, 5) is 0. The van der Waals surface area contributed by atoms with Crippen molar-refractivity contribution in [2.75, 3.05) is 0 Å². The fraction of sp³-hybridized carbons (Fsp3) is 0.286. The summed E-state index contributed by atoms with van der Waals surface area (Å²) in [5.74, 6) is 0.839. The molecule has 0 spiro atoms. The van der Waals surface area contributed by atoms with Crippen molar-refractivity contribution in [3.05, 3.63) is 54.6 Å². The quantitative estimate of drug-likeness (QED) is 0.673. The van der Waals surface area contributed by atoms with E-state index in [9.17, 15) is 0 Å². The van der Waals surface area contributed by atoms with Crippen LogP contribution < -0.4 is 4.74 Å². The highest BCUT2D eigenvalue weighted by Crippen LogP contribution is 2.24. The third-order valence-electron chi connectivity index (χ3n) is 2.59. The largest absolute Gasteiger partial charge is 0.479 e. The van der Waals surface area contributed by atoms with E-state index in [1.54, 1.807) is 6.08 Å². The molecule has 0 bridgehead atoms. The average Bonchev–Trinajstić information content (AvgIpc) is 2.21. The molecular weight excluding hydrogens is 184 g/mol. The van der Waals surface area contributed by atoms with Crippen molar-refractivity contribution in [1.29, 1.82) is 0 Å². The number of aryl methyl sites for hydroxylation is 1. The van der Waals surface area contributed by atoms with Crippen LogP contribution in [0.1, 0.15) is 19.4 Å². The zero-order chi connectivity index (χ0) is 11.5. The van der Waals surface area contributed by atoms with E-state index in [-0.39, 0.29) is 0 Å². The summed E-state index contributed by atoms with van der Waals surface area (Å²) in [5, 5.41) is 0. The molecule has 0 amide bonds. The second-order valence-corrected chi connectivity index (χ2v) is 4.01. The molecule has 1 atom stereocenters. The van der Waals surface area contributed by atoms with Crippen LogP contribution in [0.25, 0.3) is 0 Å². The van der Waals surface area contributed by atoms with Crippen molar-refractivity contribution in [1.82, 2.24) is 0 Å². The van der Waals surface area contributed by atoms with E-state index >= 15 is 0 Å². The number of hydrogen-bond acceptors (Lipinski definition) is 1. The Morgan fingerprint density at radius 1 is 1.33 bits per heavy atom. The Labute approximate surface area is 92.1 Å². The molecule has 1 aromatic rings. The lowest BCUT2D eigenvalue weighted by Gasteiger charge is -2.27. The lowest BCUT2D eigenvalue weighted by Crippen LogP contribution is -2.30. The molecule has 1 aromatic carbocycles. The predicted molar refractivity (Wildman–Crippen MR) is 65.2 cm³/mol. The van der Waals surface area contributed by atoms with E-state index in [1.165, 1.54) is 5.56 Å². The number of hydrogen-bond donors (Lipinski definition) is 0. The van der Waals surface area contributed by atoms with Gasteiger partial charge in [0.25, 0.3) is 0 Å². The van der Waals surface area contributed by atoms with Crippen molar-refractivity contribution < 1.29 is 4.74 Å². The van der Waals surface area contributed by atoms with Gasteiger partial charge in [0.05, 0.1) is 0 Å². The van der Waals surface area contributed by atoms with Gasteiger partial charge in [-0.05, 0) is 44.6 Å². The molecule has 1 heteroatoms. The summed E-state index contributed by atoms with van der Waals surface area (Å²) < 4.78 is 5.85. The van der Waals surface area contributed by atoms with Gasteiger partial charge in [0.15, 0.2) is 0 Å². The highest BCUT2D eigenvalue weighted by molar-refractivity contribution is 5.30. The Morgan fingerprint density at radius 3 is 2.27 bits per heavy atom. The summed E-state index contributed by atoms with van der Waals surface area (Å²) in [7, 11) is 0. The second-order valence-electron chi connectivity index (χ2n) is 4.01. The summed E-state index contributed by atoms with van der Waals surface area (Å²) >= 11 is 0. The Balaban J connectivity index is 2.89. The Morgan fingerprint density at radius 2 is 1.87 bits per heavy atom. The maximum absolute atomic E-state index is 5.85. The van der Waals surface area contributed by atoms with E-state index in [0.717, 1.165) is 11.3 Å². The molecule has 0 fully saturated rings. The third-order valence-corrected chi connectivity index (χ3v) is 2.59. The Hall–Kier alpha value is -1.50. The zero-order valence-corrected chi connectivity index (χ0v) is 9.71. The van der Waals surface area contributed by atoms with Crippen LogP contribution in [0.5, 0.6) is 5.75 Å². The van der Waals surface area contributed by atoms with Gasteiger partial charge in [-0.25, -0.2) is 0 Å². The maximum atomic E-state index is 5.85. The molecule has 1 unspecified atom stereocenters. The van der Waals surface area contributed by atoms with Crippen LogP contribution in [0.3, 0.4) is 0 Å². The maximum Gasteiger partial charge on any atom is 0.145 e. The lowest BCUT2D eigenvalue weighted by molar-refractivity contribution is 0.180. The van der Waals surface area contributed by atoms with Gasteiger partial charge in [-0.1, -0.05) is 30.9 Å². The first-order valence-corrected chi connectivity index (χ1v) is 5.03. The van der Waals surface area contributed by atoms with Crippen molar-refractivity contribution >= 4 is 0 Å². The van der Waals surface area contributed by atoms with Crippen molar-refractivity contribution in [3.8, 4) is 5.75 Å². The summed E-state index contributed by atoms with van der Waals surface area (Å²) in [6.45, 7) is 13.6. The summed E-state index contributed by atoms with van der Waals surface area (Å²) in [5.41, 5.74) is 1.67. The van der Waals surface area contributed by atoms with Crippen molar-refractivity contribution in [2.24, 2.45) is 0 Å². The minimum Gasteiger partial charge on any atom is -0.479 e. The van der Waals surface area contributed by atoms with Gasteiger partial charge in [-0.15, -0.1) is 0 Å². The fourth-order valence-corrected chi connectivity index (χ4v) is 1.15. The van der Waals surface area contributed by atoms with Crippen molar-refractivity contribution in [3.63, 3.8) is 0 Å². The number of benzene rings is 1. The predicted octanol–water partition coefficient (Wildman–Crippen LogP) is 3.89. The molecule has 0 N–H and O–H groups in total.